The van der Waals surface area contributed by atoms with Crippen LogP contribution in [0.4, 0.5) is 0 Å². The zero-order valence-corrected chi connectivity index (χ0v) is 43.6. The molecule has 67 heavy (non-hydrogen) atoms. The standard InChI is InChI=1S/C61H102O6/c1-4-7-10-13-16-19-22-25-28-30-33-35-38-41-44-47-50-53-59(62)65-56-58(67-61(64)55-52-49-46-43-40-37-32-27-24-21-18-15-12-9-6-3)57-66-60(63)54-51-48-45-42-39-36-34-31-29-26-23-20-17-14-11-8-5-2/h7,10,16,19,25-29,32-36,42,45,58H,4-6,8-9,11-15,17-18,20-24,30-31,37-41,43-44,46-57H2,1-3H3/b10-7-,19-16-,28-25-,29-26-,32-27-,35-33-,36-34-,45-42-/t58-/m1/s1. The van der Waals surface area contributed by atoms with Crippen LogP contribution in [0.15, 0.2) is 97.2 Å². The second-order valence-electron chi connectivity index (χ2n) is 18.1. The van der Waals surface area contributed by atoms with Gasteiger partial charge in [0.25, 0.3) is 0 Å². The molecule has 0 aliphatic rings. The van der Waals surface area contributed by atoms with Gasteiger partial charge < -0.3 is 14.2 Å². The highest BCUT2D eigenvalue weighted by molar-refractivity contribution is 5.71. The molecular formula is C61H102O6. The van der Waals surface area contributed by atoms with Gasteiger partial charge in [-0.15, -0.1) is 0 Å². The van der Waals surface area contributed by atoms with Crippen molar-refractivity contribution >= 4 is 17.9 Å². The van der Waals surface area contributed by atoms with Gasteiger partial charge in [-0.3, -0.25) is 14.4 Å². The number of rotatable bonds is 49. The van der Waals surface area contributed by atoms with Crippen LogP contribution >= 0.6 is 0 Å². The molecule has 0 saturated carbocycles. The summed E-state index contributed by atoms with van der Waals surface area (Å²) in [4.78, 5) is 38.1. The third-order valence-corrected chi connectivity index (χ3v) is 11.5. The van der Waals surface area contributed by atoms with Crippen LogP contribution in [-0.4, -0.2) is 37.2 Å². The summed E-state index contributed by atoms with van der Waals surface area (Å²) in [7, 11) is 0. The quantitative estimate of drug-likeness (QED) is 0.0262. The van der Waals surface area contributed by atoms with Crippen molar-refractivity contribution in [3.8, 4) is 0 Å². The van der Waals surface area contributed by atoms with Gasteiger partial charge in [0.1, 0.15) is 13.2 Å². The van der Waals surface area contributed by atoms with E-state index < -0.39 is 6.10 Å². The molecule has 0 rings (SSSR count). The molecule has 0 spiro atoms. The van der Waals surface area contributed by atoms with Gasteiger partial charge in [-0.2, -0.15) is 0 Å². The Balaban J connectivity index is 4.52. The molecule has 0 aromatic rings. The van der Waals surface area contributed by atoms with Gasteiger partial charge in [0.2, 0.25) is 0 Å². The Morgan fingerprint density at radius 2 is 0.597 bits per heavy atom. The van der Waals surface area contributed by atoms with Crippen molar-refractivity contribution in [2.75, 3.05) is 13.2 Å². The lowest BCUT2D eigenvalue weighted by Crippen LogP contribution is -2.30. The maximum Gasteiger partial charge on any atom is 0.306 e. The summed E-state index contributed by atoms with van der Waals surface area (Å²) in [6, 6.07) is 0. The Labute approximate surface area is 413 Å². The summed E-state index contributed by atoms with van der Waals surface area (Å²) in [5.41, 5.74) is 0. The molecule has 0 aliphatic heterocycles. The third kappa shape index (κ3) is 53.2. The van der Waals surface area contributed by atoms with Crippen LogP contribution in [0.5, 0.6) is 0 Å². The predicted octanol–water partition coefficient (Wildman–Crippen LogP) is 18.5. The fourth-order valence-electron chi connectivity index (χ4n) is 7.38. The second-order valence-corrected chi connectivity index (χ2v) is 18.1. The summed E-state index contributed by atoms with van der Waals surface area (Å²) in [5, 5.41) is 0. The van der Waals surface area contributed by atoms with Crippen LogP contribution in [0.1, 0.15) is 252 Å². The average Bonchev–Trinajstić information content (AvgIpc) is 3.33. The lowest BCUT2D eigenvalue weighted by Gasteiger charge is -2.18. The average molecular weight is 931 g/mol. The molecule has 0 aromatic heterocycles. The zero-order valence-electron chi connectivity index (χ0n) is 43.6. The van der Waals surface area contributed by atoms with Crippen LogP contribution in [0.2, 0.25) is 0 Å². The first-order chi connectivity index (χ1) is 33.0. The van der Waals surface area contributed by atoms with E-state index in [-0.39, 0.29) is 37.5 Å². The molecule has 0 fully saturated rings. The van der Waals surface area contributed by atoms with Gasteiger partial charge in [-0.1, -0.05) is 214 Å². The number of hydrogen-bond donors (Lipinski definition) is 0. The molecular weight excluding hydrogens is 829 g/mol. The van der Waals surface area contributed by atoms with Crippen molar-refractivity contribution in [2.24, 2.45) is 0 Å². The lowest BCUT2D eigenvalue weighted by molar-refractivity contribution is -0.167. The first kappa shape index (κ1) is 63.3. The van der Waals surface area contributed by atoms with Crippen LogP contribution in [-0.2, 0) is 28.6 Å². The molecule has 1 atom stereocenters. The lowest BCUT2D eigenvalue weighted by atomic mass is 10.1. The molecule has 0 aromatic carbocycles. The van der Waals surface area contributed by atoms with E-state index >= 15 is 0 Å². The highest BCUT2D eigenvalue weighted by Gasteiger charge is 2.19. The SMILES string of the molecule is CC/C=C\C/C=C\C/C=C\C/C=C\CCCCCCC(=O)OC[C@H](COC(=O)CCC/C=C\C/C=C\C/C=C\CCCCCCCC)OC(=O)CCCCCCC/C=C\CCCCCCCC. The Kier molecular flexibility index (Phi) is 51.9. The number of allylic oxidation sites excluding steroid dienone is 16. The van der Waals surface area contributed by atoms with Gasteiger partial charge in [-0.25, -0.2) is 0 Å². The minimum atomic E-state index is -0.813. The monoisotopic (exact) mass is 931 g/mol. The van der Waals surface area contributed by atoms with E-state index in [2.05, 4.69) is 118 Å². The first-order valence-electron chi connectivity index (χ1n) is 27.7. The van der Waals surface area contributed by atoms with Crippen LogP contribution in [0.25, 0.3) is 0 Å². The maximum absolute atomic E-state index is 12.8. The molecule has 6 nitrogen and oxygen atoms in total. The molecule has 6 heteroatoms. The van der Waals surface area contributed by atoms with E-state index in [1.807, 2.05) is 0 Å². The van der Waals surface area contributed by atoms with E-state index in [1.54, 1.807) is 0 Å². The third-order valence-electron chi connectivity index (χ3n) is 11.5. The number of carbonyl (C=O) groups is 3. The summed E-state index contributed by atoms with van der Waals surface area (Å²) < 4.78 is 16.8. The molecule has 0 heterocycles. The summed E-state index contributed by atoms with van der Waals surface area (Å²) in [6.45, 7) is 6.44. The molecule has 0 saturated heterocycles. The molecule has 382 valence electrons. The fourth-order valence-corrected chi connectivity index (χ4v) is 7.38. The number of unbranched alkanes of at least 4 members (excludes halogenated alkanes) is 22. The topological polar surface area (TPSA) is 78.9 Å². The van der Waals surface area contributed by atoms with Crippen LogP contribution in [0.3, 0.4) is 0 Å². The van der Waals surface area contributed by atoms with Crippen LogP contribution < -0.4 is 0 Å². The Morgan fingerprint density at radius 3 is 0.985 bits per heavy atom. The predicted molar refractivity (Wildman–Crippen MR) is 288 cm³/mol. The largest absolute Gasteiger partial charge is 0.462 e. The van der Waals surface area contributed by atoms with E-state index in [0.29, 0.717) is 19.3 Å². The van der Waals surface area contributed by atoms with Crippen molar-refractivity contribution in [1.82, 2.24) is 0 Å². The van der Waals surface area contributed by atoms with E-state index in [4.69, 9.17) is 14.2 Å². The molecule has 0 radical (unpaired) electrons. The fraction of sp³-hybridized carbons (Fsp3) is 0.689. The minimum absolute atomic E-state index is 0.110. The highest BCUT2D eigenvalue weighted by atomic mass is 16.6. The van der Waals surface area contributed by atoms with Crippen LogP contribution in [0, 0.1) is 0 Å². The van der Waals surface area contributed by atoms with Crippen molar-refractivity contribution in [3.63, 3.8) is 0 Å². The zero-order chi connectivity index (χ0) is 48.6. The first-order valence-corrected chi connectivity index (χ1v) is 27.7. The Hall–Kier alpha value is -3.67. The Bertz CT molecular complexity index is 1350. The van der Waals surface area contributed by atoms with Crippen molar-refractivity contribution in [1.29, 1.82) is 0 Å². The normalized spacial score (nSPS) is 12.8. The summed E-state index contributed by atoms with van der Waals surface area (Å²) >= 11 is 0. The van der Waals surface area contributed by atoms with Crippen molar-refractivity contribution in [3.05, 3.63) is 97.2 Å². The minimum Gasteiger partial charge on any atom is -0.462 e. The van der Waals surface area contributed by atoms with Gasteiger partial charge in [-0.05, 0) is 116 Å². The van der Waals surface area contributed by atoms with Gasteiger partial charge in [0, 0.05) is 19.3 Å². The van der Waals surface area contributed by atoms with Gasteiger partial charge >= 0.3 is 17.9 Å². The summed E-state index contributed by atoms with van der Waals surface area (Å²) in [6.07, 6.45) is 72.5. The maximum atomic E-state index is 12.8. The van der Waals surface area contributed by atoms with E-state index in [9.17, 15) is 14.4 Å². The van der Waals surface area contributed by atoms with Gasteiger partial charge in [0.05, 0.1) is 0 Å². The molecule has 0 N–H and O–H groups in total. The van der Waals surface area contributed by atoms with Gasteiger partial charge in [0.15, 0.2) is 6.10 Å². The number of ether oxygens (including phenoxy) is 3. The molecule has 0 aliphatic carbocycles. The molecule has 0 bridgehead atoms. The number of esters is 3. The Morgan fingerprint density at radius 1 is 0.313 bits per heavy atom. The summed E-state index contributed by atoms with van der Waals surface area (Å²) in [5.74, 6) is -0.993. The number of hydrogen-bond acceptors (Lipinski definition) is 6. The number of carbonyl (C=O) groups excluding carboxylic acids is 3. The second kappa shape index (κ2) is 54.9. The van der Waals surface area contributed by atoms with E-state index in [0.717, 1.165) is 109 Å². The van der Waals surface area contributed by atoms with Crippen molar-refractivity contribution < 1.29 is 28.6 Å². The molecule has 0 unspecified atom stereocenters. The molecule has 0 amide bonds. The van der Waals surface area contributed by atoms with E-state index in [1.165, 1.54) is 96.3 Å². The smallest absolute Gasteiger partial charge is 0.306 e. The van der Waals surface area contributed by atoms with Crippen molar-refractivity contribution in [2.45, 2.75) is 258 Å². The highest BCUT2D eigenvalue weighted by Crippen LogP contribution is 2.13.